The van der Waals surface area contributed by atoms with Gasteiger partial charge in [-0.2, -0.15) is 5.10 Å². The Morgan fingerprint density at radius 2 is 1.96 bits per heavy atom. The van der Waals surface area contributed by atoms with Crippen LogP contribution in [0.5, 0.6) is 0 Å². The summed E-state index contributed by atoms with van der Waals surface area (Å²) in [4.78, 5) is 19.2. The number of benzene rings is 1. The lowest BCUT2D eigenvalue weighted by Crippen LogP contribution is -2.30. The number of pyridine rings is 1. The summed E-state index contributed by atoms with van der Waals surface area (Å²) in [5.41, 5.74) is 4.07. The minimum atomic E-state index is -0.174. The van der Waals surface area contributed by atoms with Gasteiger partial charge in [-0.15, -0.1) is 0 Å². The third kappa shape index (κ3) is 3.40. The number of amides is 1. The summed E-state index contributed by atoms with van der Waals surface area (Å²) in [6.07, 6.45) is 1.59. The minimum absolute atomic E-state index is 0.174. The highest BCUT2D eigenvalue weighted by molar-refractivity contribution is 6.05. The third-order valence-corrected chi connectivity index (χ3v) is 4.55. The lowest BCUT2D eigenvalue weighted by atomic mass is 10.2. The van der Waals surface area contributed by atoms with E-state index < -0.39 is 0 Å². The average Bonchev–Trinajstić information content (AvgIpc) is 2.90. The fraction of sp³-hybridized carbons (Fsp3) is 0.350. The number of aromatic nitrogens is 3. The number of hydrogen-bond donors (Lipinski definition) is 1. The van der Waals surface area contributed by atoms with Crippen molar-refractivity contribution in [3.05, 3.63) is 47.8 Å². The van der Waals surface area contributed by atoms with Gasteiger partial charge >= 0.3 is 0 Å². The Balaban J connectivity index is 1.78. The number of nitrogens with one attached hydrogen (secondary N) is 1. The minimum Gasteiger partial charge on any atom is -0.369 e. The molecule has 0 atom stereocenters. The van der Waals surface area contributed by atoms with Crippen molar-refractivity contribution in [1.82, 2.24) is 14.8 Å². The molecule has 1 aromatic carbocycles. The van der Waals surface area contributed by atoms with Crippen LogP contribution in [0.2, 0.25) is 0 Å². The number of carbonyl (C=O) groups is 1. The normalized spacial score (nSPS) is 11.2. The second kappa shape index (κ2) is 7.15. The molecule has 2 heterocycles. The van der Waals surface area contributed by atoms with E-state index in [4.69, 9.17) is 0 Å². The molecular formula is C20H25N5O. The molecule has 2 aromatic heterocycles. The first-order chi connectivity index (χ1) is 12.4. The smallest absolute Gasteiger partial charge is 0.257 e. The molecule has 0 bridgehead atoms. The number of aryl methyl sites for hydroxylation is 2. The molecule has 3 aromatic rings. The number of rotatable bonds is 5. The average molecular weight is 351 g/mol. The van der Waals surface area contributed by atoms with Crippen molar-refractivity contribution in [2.75, 3.05) is 16.8 Å². The van der Waals surface area contributed by atoms with Gasteiger partial charge in [-0.05, 0) is 58.0 Å². The number of carbonyl (C=O) groups excluding carboxylic acids is 1. The monoisotopic (exact) mass is 351 g/mol. The molecule has 0 radical (unpaired) electrons. The van der Waals surface area contributed by atoms with Crippen LogP contribution in [0.15, 0.2) is 36.5 Å². The van der Waals surface area contributed by atoms with Crippen LogP contribution in [-0.2, 0) is 7.05 Å². The van der Waals surface area contributed by atoms with E-state index in [9.17, 15) is 4.79 Å². The van der Waals surface area contributed by atoms with Gasteiger partial charge in [-0.1, -0.05) is 0 Å². The van der Waals surface area contributed by atoms with Gasteiger partial charge in [-0.3, -0.25) is 9.48 Å². The van der Waals surface area contributed by atoms with Crippen LogP contribution in [0.4, 0.5) is 11.4 Å². The second-order valence-corrected chi connectivity index (χ2v) is 6.68. The quantitative estimate of drug-likeness (QED) is 0.760. The Labute approximate surface area is 153 Å². The highest BCUT2D eigenvalue weighted by Gasteiger charge is 2.13. The van der Waals surface area contributed by atoms with Crippen LogP contribution in [0.1, 0.15) is 36.8 Å². The lowest BCUT2D eigenvalue weighted by molar-refractivity contribution is 0.102. The zero-order valence-corrected chi connectivity index (χ0v) is 15.9. The standard InChI is InChI=1S/C20H25N5O/c1-6-25(13(2)3)17-9-7-16(8-10-17)22-20(26)15-11-18-14(4)23-24(5)19(18)21-12-15/h7-13H,6H2,1-5H3,(H,22,26). The van der Waals surface area contributed by atoms with Gasteiger partial charge in [0, 0.05) is 42.6 Å². The van der Waals surface area contributed by atoms with Crippen molar-refractivity contribution in [2.24, 2.45) is 7.05 Å². The highest BCUT2D eigenvalue weighted by atomic mass is 16.1. The molecule has 1 amide bonds. The summed E-state index contributed by atoms with van der Waals surface area (Å²) in [5, 5.41) is 8.17. The summed E-state index contributed by atoms with van der Waals surface area (Å²) >= 11 is 0. The Morgan fingerprint density at radius 3 is 2.58 bits per heavy atom. The fourth-order valence-corrected chi connectivity index (χ4v) is 3.22. The van der Waals surface area contributed by atoms with Crippen molar-refractivity contribution < 1.29 is 4.79 Å². The molecule has 0 aliphatic rings. The van der Waals surface area contributed by atoms with Crippen LogP contribution in [0, 0.1) is 6.92 Å². The number of hydrogen-bond acceptors (Lipinski definition) is 4. The lowest BCUT2D eigenvalue weighted by Gasteiger charge is -2.27. The molecule has 26 heavy (non-hydrogen) atoms. The van der Waals surface area contributed by atoms with Crippen LogP contribution in [-0.4, -0.2) is 33.3 Å². The summed E-state index contributed by atoms with van der Waals surface area (Å²) in [5.74, 6) is -0.174. The molecule has 0 unspecified atom stereocenters. The second-order valence-electron chi connectivity index (χ2n) is 6.68. The first-order valence-electron chi connectivity index (χ1n) is 8.88. The Hall–Kier alpha value is -2.89. The fourth-order valence-electron chi connectivity index (χ4n) is 3.22. The third-order valence-electron chi connectivity index (χ3n) is 4.55. The van der Waals surface area contributed by atoms with Crippen LogP contribution >= 0.6 is 0 Å². The molecule has 6 nitrogen and oxygen atoms in total. The van der Waals surface area contributed by atoms with Crippen LogP contribution < -0.4 is 10.2 Å². The Morgan fingerprint density at radius 1 is 1.27 bits per heavy atom. The summed E-state index contributed by atoms with van der Waals surface area (Å²) in [7, 11) is 1.85. The van der Waals surface area contributed by atoms with E-state index >= 15 is 0 Å². The summed E-state index contributed by atoms with van der Waals surface area (Å²) in [6.45, 7) is 9.34. The molecule has 0 aliphatic heterocycles. The van der Waals surface area contributed by atoms with Gasteiger partial charge in [0.05, 0.1) is 11.3 Å². The largest absolute Gasteiger partial charge is 0.369 e. The van der Waals surface area contributed by atoms with E-state index in [1.54, 1.807) is 10.9 Å². The van der Waals surface area contributed by atoms with E-state index in [0.29, 0.717) is 11.6 Å². The number of fused-ring (bicyclic) bond motifs is 1. The van der Waals surface area contributed by atoms with Gasteiger partial charge in [0.1, 0.15) is 0 Å². The van der Waals surface area contributed by atoms with Gasteiger partial charge < -0.3 is 10.2 Å². The summed E-state index contributed by atoms with van der Waals surface area (Å²) < 4.78 is 1.72. The zero-order chi connectivity index (χ0) is 18.8. The van der Waals surface area contributed by atoms with Gasteiger partial charge in [-0.25, -0.2) is 4.98 Å². The molecule has 0 saturated carbocycles. The van der Waals surface area contributed by atoms with Crippen LogP contribution in [0.3, 0.4) is 0 Å². The first kappa shape index (κ1) is 17.9. The molecule has 136 valence electrons. The number of nitrogens with zero attached hydrogens (tertiary/aromatic N) is 4. The molecule has 0 spiro atoms. The van der Waals surface area contributed by atoms with Crippen molar-refractivity contribution >= 4 is 28.3 Å². The van der Waals surface area contributed by atoms with E-state index in [-0.39, 0.29) is 5.91 Å². The maximum absolute atomic E-state index is 12.6. The molecule has 0 fully saturated rings. The summed E-state index contributed by atoms with van der Waals surface area (Å²) in [6, 6.07) is 10.2. The van der Waals surface area contributed by atoms with E-state index in [1.807, 2.05) is 44.3 Å². The maximum Gasteiger partial charge on any atom is 0.257 e. The number of anilines is 2. The Kier molecular flexibility index (Phi) is 4.93. The van der Waals surface area contributed by atoms with Gasteiger partial charge in [0.2, 0.25) is 0 Å². The molecule has 0 aliphatic carbocycles. The van der Waals surface area contributed by atoms with Crippen molar-refractivity contribution in [3.8, 4) is 0 Å². The van der Waals surface area contributed by atoms with E-state index in [0.717, 1.165) is 34.6 Å². The molecule has 1 N–H and O–H groups in total. The van der Waals surface area contributed by atoms with Crippen LogP contribution in [0.25, 0.3) is 11.0 Å². The zero-order valence-electron chi connectivity index (χ0n) is 15.9. The topological polar surface area (TPSA) is 63.1 Å². The molecule has 0 saturated heterocycles. The predicted octanol–water partition coefficient (Wildman–Crippen LogP) is 3.76. The first-order valence-corrected chi connectivity index (χ1v) is 8.88. The van der Waals surface area contributed by atoms with Crippen molar-refractivity contribution in [2.45, 2.75) is 33.7 Å². The predicted molar refractivity (Wildman–Crippen MR) is 106 cm³/mol. The maximum atomic E-state index is 12.6. The van der Waals surface area contributed by atoms with Gasteiger partial charge in [0.25, 0.3) is 5.91 Å². The van der Waals surface area contributed by atoms with E-state index in [1.165, 1.54) is 0 Å². The van der Waals surface area contributed by atoms with Crippen molar-refractivity contribution in [1.29, 1.82) is 0 Å². The SMILES string of the molecule is CCN(c1ccc(NC(=O)c2cnc3c(c2)c(C)nn3C)cc1)C(C)C. The molecule has 6 heteroatoms. The molecular weight excluding hydrogens is 326 g/mol. The Bertz CT molecular complexity index is 927. The van der Waals surface area contributed by atoms with Gasteiger partial charge in [0.15, 0.2) is 5.65 Å². The van der Waals surface area contributed by atoms with Crippen molar-refractivity contribution in [3.63, 3.8) is 0 Å². The highest BCUT2D eigenvalue weighted by Crippen LogP contribution is 2.21. The molecule has 3 rings (SSSR count). The van der Waals surface area contributed by atoms with E-state index in [2.05, 4.69) is 41.1 Å².